The molecule has 106 valence electrons. The Labute approximate surface area is 116 Å². The number of nitrogens with two attached hydrogens (primary N) is 1. The van der Waals surface area contributed by atoms with E-state index in [9.17, 15) is 13.2 Å². The van der Waals surface area contributed by atoms with Crippen LogP contribution in [0, 0.1) is 17.5 Å². The number of hydrogen-bond acceptors (Lipinski definition) is 1. The molecule has 2 rings (SSSR count). The van der Waals surface area contributed by atoms with E-state index in [1.165, 1.54) is 0 Å². The molecule has 0 spiro atoms. The molecule has 0 radical (unpaired) electrons. The summed E-state index contributed by atoms with van der Waals surface area (Å²) in [7, 11) is 0. The maximum atomic E-state index is 13.2. The normalized spacial score (nSPS) is 12.4. The zero-order valence-electron chi connectivity index (χ0n) is 11.2. The monoisotopic (exact) mass is 279 g/mol. The second-order valence-electron chi connectivity index (χ2n) is 4.77. The molecule has 0 heterocycles. The van der Waals surface area contributed by atoms with Gasteiger partial charge in [0, 0.05) is 0 Å². The maximum Gasteiger partial charge on any atom is 0.194 e. The molecule has 0 fully saturated rings. The molecule has 0 saturated carbocycles. The molecule has 0 aliphatic carbocycles. The van der Waals surface area contributed by atoms with Crippen LogP contribution in [0.25, 0.3) is 0 Å². The molecule has 2 N–H and O–H groups in total. The highest BCUT2D eigenvalue weighted by Crippen LogP contribution is 2.24. The molecule has 2 aromatic rings. The quantitative estimate of drug-likeness (QED) is 0.838. The Hall–Kier alpha value is -1.81. The summed E-state index contributed by atoms with van der Waals surface area (Å²) in [6.45, 7) is 2.07. The molecule has 0 aromatic heterocycles. The van der Waals surface area contributed by atoms with Crippen molar-refractivity contribution in [3.05, 3.63) is 70.5 Å². The molecule has 0 amide bonds. The third kappa shape index (κ3) is 3.02. The molecule has 0 aliphatic rings. The first-order valence-electron chi connectivity index (χ1n) is 6.51. The van der Waals surface area contributed by atoms with Gasteiger partial charge >= 0.3 is 0 Å². The molecule has 1 atom stereocenters. The van der Waals surface area contributed by atoms with Crippen molar-refractivity contribution in [2.75, 3.05) is 0 Å². The molecule has 0 bridgehead atoms. The van der Waals surface area contributed by atoms with Crippen molar-refractivity contribution in [3.8, 4) is 0 Å². The van der Waals surface area contributed by atoms with Crippen LogP contribution >= 0.6 is 0 Å². The van der Waals surface area contributed by atoms with Crippen molar-refractivity contribution in [2.45, 2.75) is 25.8 Å². The average molecular weight is 279 g/mol. The van der Waals surface area contributed by atoms with Gasteiger partial charge in [-0.15, -0.1) is 0 Å². The van der Waals surface area contributed by atoms with E-state index in [1.54, 1.807) is 6.07 Å². The Bertz CT molecular complexity index is 587. The van der Waals surface area contributed by atoms with E-state index in [1.807, 2.05) is 18.2 Å². The Balaban J connectivity index is 2.35. The molecule has 0 saturated heterocycles. The first kappa shape index (κ1) is 14.6. The van der Waals surface area contributed by atoms with Gasteiger partial charge in [-0.1, -0.05) is 37.6 Å². The summed E-state index contributed by atoms with van der Waals surface area (Å²) in [6.07, 6.45) is 1.91. The van der Waals surface area contributed by atoms with Gasteiger partial charge < -0.3 is 5.73 Å². The Morgan fingerprint density at radius 1 is 1.00 bits per heavy atom. The first-order valence-corrected chi connectivity index (χ1v) is 6.51. The van der Waals surface area contributed by atoms with Gasteiger partial charge in [0.05, 0.1) is 6.04 Å². The summed E-state index contributed by atoms with van der Waals surface area (Å²) >= 11 is 0. The van der Waals surface area contributed by atoms with Crippen LogP contribution in [0.3, 0.4) is 0 Å². The third-order valence-corrected chi connectivity index (χ3v) is 3.21. The maximum absolute atomic E-state index is 13.2. The molecule has 0 aliphatic heterocycles. The van der Waals surface area contributed by atoms with Gasteiger partial charge in [-0.05, 0) is 35.2 Å². The molecular formula is C16H16F3N. The van der Waals surface area contributed by atoms with Gasteiger partial charge in [0.15, 0.2) is 17.5 Å². The lowest BCUT2D eigenvalue weighted by molar-refractivity contribution is 0.444. The summed E-state index contributed by atoms with van der Waals surface area (Å²) in [5.74, 6) is -3.92. The van der Waals surface area contributed by atoms with Crippen LogP contribution < -0.4 is 5.73 Å². The van der Waals surface area contributed by atoms with E-state index < -0.39 is 23.5 Å². The third-order valence-electron chi connectivity index (χ3n) is 3.21. The minimum absolute atomic E-state index is 0.218. The number of halogens is 3. The summed E-state index contributed by atoms with van der Waals surface area (Å²) in [4.78, 5) is 0. The minimum Gasteiger partial charge on any atom is -0.320 e. The van der Waals surface area contributed by atoms with Crippen LogP contribution in [-0.2, 0) is 6.42 Å². The smallest absolute Gasteiger partial charge is 0.194 e. The van der Waals surface area contributed by atoms with Gasteiger partial charge in [-0.2, -0.15) is 0 Å². The lowest BCUT2D eigenvalue weighted by atomic mass is 9.96. The number of benzene rings is 2. The van der Waals surface area contributed by atoms with Crippen LogP contribution in [-0.4, -0.2) is 0 Å². The number of rotatable bonds is 4. The Morgan fingerprint density at radius 2 is 1.65 bits per heavy atom. The van der Waals surface area contributed by atoms with Crippen molar-refractivity contribution in [2.24, 2.45) is 5.73 Å². The summed E-state index contributed by atoms with van der Waals surface area (Å²) < 4.78 is 39.4. The zero-order valence-corrected chi connectivity index (χ0v) is 11.2. The summed E-state index contributed by atoms with van der Waals surface area (Å²) in [5.41, 5.74) is 8.10. The van der Waals surface area contributed by atoms with Crippen molar-refractivity contribution < 1.29 is 13.2 Å². The van der Waals surface area contributed by atoms with Gasteiger partial charge in [0.1, 0.15) is 0 Å². The Kier molecular flexibility index (Phi) is 4.45. The summed E-state index contributed by atoms with van der Waals surface area (Å²) in [5, 5.41) is 0. The molecule has 2 aromatic carbocycles. The second kappa shape index (κ2) is 6.09. The lowest BCUT2D eigenvalue weighted by Gasteiger charge is -2.14. The van der Waals surface area contributed by atoms with Gasteiger partial charge in [0.25, 0.3) is 0 Å². The first-order chi connectivity index (χ1) is 9.52. The fourth-order valence-electron chi connectivity index (χ4n) is 2.18. The number of aryl methyl sites for hydroxylation is 1. The topological polar surface area (TPSA) is 26.0 Å². The van der Waals surface area contributed by atoms with E-state index in [4.69, 9.17) is 5.73 Å². The predicted octanol–water partition coefficient (Wildman–Crippen LogP) is 4.10. The van der Waals surface area contributed by atoms with E-state index in [0.29, 0.717) is 0 Å². The van der Waals surface area contributed by atoms with Crippen LogP contribution in [0.4, 0.5) is 13.2 Å². The lowest BCUT2D eigenvalue weighted by Crippen LogP contribution is -2.13. The highest BCUT2D eigenvalue weighted by molar-refractivity contribution is 5.34. The SMILES string of the molecule is CCCc1cccc(C(N)c2cc(F)c(F)c(F)c2)c1. The van der Waals surface area contributed by atoms with Gasteiger partial charge in [-0.25, -0.2) is 13.2 Å². The molecule has 20 heavy (non-hydrogen) atoms. The van der Waals surface area contributed by atoms with Gasteiger partial charge in [0.2, 0.25) is 0 Å². The van der Waals surface area contributed by atoms with E-state index in [0.717, 1.165) is 36.1 Å². The van der Waals surface area contributed by atoms with Crippen molar-refractivity contribution in [3.63, 3.8) is 0 Å². The average Bonchev–Trinajstić information content (AvgIpc) is 2.44. The van der Waals surface area contributed by atoms with E-state index >= 15 is 0 Å². The standard InChI is InChI=1S/C16H16F3N/c1-2-4-10-5-3-6-11(7-10)16(20)12-8-13(17)15(19)14(18)9-12/h3,5-9,16H,2,4,20H2,1H3. The largest absolute Gasteiger partial charge is 0.320 e. The zero-order chi connectivity index (χ0) is 14.7. The summed E-state index contributed by atoms with van der Waals surface area (Å²) in [6, 6.07) is 8.74. The fraction of sp³-hybridized carbons (Fsp3) is 0.250. The van der Waals surface area contributed by atoms with Crippen molar-refractivity contribution in [1.82, 2.24) is 0 Å². The van der Waals surface area contributed by atoms with Crippen LogP contribution in [0.15, 0.2) is 36.4 Å². The highest BCUT2D eigenvalue weighted by atomic mass is 19.2. The molecule has 1 unspecified atom stereocenters. The molecule has 4 heteroatoms. The van der Waals surface area contributed by atoms with Gasteiger partial charge in [-0.3, -0.25) is 0 Å². The van der Waals surface area contributed by atoms with E-state index in [-0.39, 0.29) is 5.56 Å². The Morgan fingerprint density at radius 3 is 2.25 bits per heavy atom. The van der Waals surface area contributed by atoms with Crippen LogP contribution in [0.5, 0.6) is 0 Å². The van der Waals surface area contributed by atoms with Crippen LogP contribution in [0.1, 0.15) is 36.1 Å². The fourth-order valence-corrected chi connectivity index (χ4v) is 2.18. The van der Waals surface area contributed by atoms with E-state index in [2.05, 4.69) is 6.92 Å². The van der Waals surface area contributed by atoms with Crippen LogP contribution in [0.2, 0.25) is 0 Å². The molecular weight excluding hydrogens is 263 g/mol. The second-order valence-corrected chi connectivity index (χ2v) is 4.77. The van der Waals surface area contributed by atoms with Crippen molar-refractivity contribution in [1.29, 1.82) is 0 Å². The predicted molar refractivity (Wildman–Crippen MR) is 72.8 cm³/mol. The minimum atomic E-state index is -1.47. The highest BCUT2D eigenvalue weighted by Gasteiger charge is 2.16. The number of hydrogen-bond donors (Lipinski definition) is 1. The molecule has 1 nitrogen and oxygen atoms in total. The van der Waals surface area contributed by atoms with Crippen molar-refractivity contribution >= 4 is 0 Å².